The van der Waals surface area contributed by atoms with Crippen molar-refractivity contribution in [3.63, 3.8) is 0 Å². The van der Waals surface area contributed by atoms with Gasteiger partial charge in [-0.15, -0.1) is 0 Å². The molecule has 0 N–H and O–H groups in total. The number of methoxy groups -OCH3 is 1. The fraction of sp³-hybridized carbons (Fsp3) is 0.333. The highest BCUT2D eigenvalue weighted by atomic mass is 16.5. The van der Waals surface area contributed by atoms with Crippen molar-refractivity contribution in [3.8, 4) is 6.01 Å². The number of nitrogens with zero attached hydrogens (tertiary/aromatic N) is 2. The normalized spacial score (nSPS) is 10.4. The fourth-order valence-electron chi connectivity index (χ4n) is 1.95. The number of hydrogen-bond acceptors (Lipinski definition) is 3. The topological polar surface area (TPSA) is 35.0 Å². The summed E-state index contributed by atoms with van der Waals surface area (Å²) < 4.78 is 5.06. The Kier molecular flexibility index (Phi) is 3.92. The van der Waals surface area contributed by atoms with Gasteiger partial charge < -0.3 is 4.74 Å². The molecule has 0 aliphatic heterocycles. The van der Waals surface area contributed by atoms with Gasteiger partial charge in [-0.3, -0.25) is 0 Å². The lowest BCUT2D eigenvalue weighted by Gasteiger charge is -2.08. The van der Waals surface area contributed by atoms with E-state index in [0.29, 0.717) is 6.01 Å². The predicted octanol–water partition coefficient (Wildman–Crippen LogP) is 2.89. The summed E-state index contributed by atoms with van der Waals surface area (Å²) >= 11 is 0. The van der Waals surface area contributed by atoms with Crippen molar-refractivity contribution >= 4 is 0 Å². The zero-order chi connectivity index (χ0) is 13.0. The second kappa shape index (κ2) is 5.63. The van der Waals surface area contributed by atoms with Crippen LogP contribution in [0.3, 0.4) is 0 Å². The monoisotopic (exact) mass is 242 g/mol. The number of hydrogen-bond donors (Lipinski definition) is 0. The van der Waals surface area contributed by atoms with Gasteiger partial charge in [0.15, 0.2) is 0 Å². The van der Waals surface area contributed by atoms with E-state index in [-0.39, 0.29) is 0 Å². The molecule has 1 aromatic carbocycles. The summed E-state index contributed by atoms with van der Waals surface area (Å²) in [6.07, 6.45) is 3.72. The minimum absolute atomic E-state index is 0.445. The van der Waals surface area contributed by atoms with Gasteiger partial charge >= 0.3 is 6.01 Å². The van der Waals surface area contributed by atoms with Crippen LogP contribution in [-0.4, -0.2) is 17.1 Å². The van der Waals surface area contributed by atoms with E-state index in [1.54, 1.807) is 7.11 Å². The van der Waals surface area contributed by atoms with Crippen LogP contribution in [0.25, 0.3) is 0 Å². The van der Waals surface area contributed by atoms with Crippen LogP contribution in [0.4, 0.5) is 0 Å². The van der Waals surface area contributed by atoms with Crippen LogP contribution >= 0.6 is 0 Å². The Hall–Kier alpha value is -1.90. The van der Waals surface area contributed by atoms with Crippen LogP contribution in [0.5, 0.6) is 6.01 Å². The van der Waals surface area contributed by atoms with Crippen molar-refractivity contribution in [1.82, 2.24) is 9.97 Å². The summed E-state index contributed by atoms with van der Waals surface area (Å²) in [7, 11) is 1.59. The smallest absolute Gasteiger partial charge is 0.316 e. The molecule has 0 fully saturated rings. The lowest BCUT2D eigenvalue weighted by Crippen LogP contribution is -2.02. The zero-order valence-electron chi connectivity index (χ0n) is 11.1. The molecule has 1 aromatic heterocycles. The second-order valence-corrected chi connectivity index (χ2v) is 4.41. The molecular weight excluding hydrogens is 224 g/mol. The first-order valence-corrected chi connectivity index (χ1v) is 6.11. The van der Waals surface area contributed by atoms with E-state index in [4.69, 9.17) is 4.74 Å². The SMILES string of the molecule is COc1ncc(C)c(CCc2ccccc2C)n1. The molecule has 0 unspecified atom stereocenters. The van der Waals surface area contributed by atoms with E-state index in [1.807, 2.05) is 13.1 Å². The molecule has 0 aliphatic carbocycles. The highest BCUT2D eigenvalue weighted by Crippen LogP contribution is 2.14. The molecule has 0 saturated carbocycles. The van der Waals surface area contributed by atoms with Crippen molar-refractivity contribution in [2.75, 3.05) is 7.11 Å². The lowest BCUT2D eigenvalue weighted by atomic mass is 10.0. The Labute approximate surface area is 108 Å². The summed E-state index contributed by atoms with van der Waals surface area (Å²) in [5.41, 5.74) is 4.88. The Balaban J connectivity index is 2.13. The van der Waals surface area contributed by atoms with Gasteiger partial charge in [-0.1, -0.05) is 24.3 Å². The van der Waals surface area contributed by atoms with Crippen molar-refractivity contribution in [1.29, 1.82) is 0 Å². The predicted molar refractivity (Wildman–Crippen MR) is 71.9 cm³/mol. The Morgan fingerprint density at radius 1 is 1.06 bits per heavy atom. The van der Waals surface area contributed by atoms with E-state index >= 15 is 0 Å². The average Bonchev–Trinajstić information content (AvgIpc) is 2.39. The molecule has 0 radical (unpaired) electrons. The van der Waals surface area contributed by atoms with E-state index in [9.17, 15) is 0 Å². The van der Waals surface area contributed by atoms with E-state index in [1.165, 1.54) is 11.1 Å². The van der Waals surface area contributed by atoms with Crippen molar-refractivity contribution in [2.45, 2.75) is 26.7 Å². The standard InChI is InChI=1S/C15H18N2O/c1-11-6-4-5-7-13(11)8-9-14-12(2)10-16-15(17-14)18-3/h4-7,10H,8-9H2,1-3H3. The Morgan fingerprint density at radius 3 is 2.56 bits per heavy atom. The van der Waals surface area contributed by atoms with Crippen molar-refractivity contribution in [3.05, 3.63) is 52.8 Å². The maximum absolute atomic E-state index is 5.06. The summed E-state index contributed by atoms with van der Waals surface area (Å²) in [6, 6.07) is 8.90. The van der Waals surface area contributed by atoms with Gasteiger partial charge in [0, 0.05) is 6.20 Å². The van der Waals surface area contributed by atoms with Gasteiger partial charge in [0.1, 0.15) is 0 Å². The number of ether oxygens (including phenoxy) is 1. The quantitative estimate of drug-likeness (QED) is 0.827. The largest absolute Gasteiger partial charge is 0.467 e. The summed E-state index contributed by atoms with van der Waals surface area (Å²) in [6.45, 7) is 4.18. The van der Waals surface area contributed by atoms with Crippen LogP contribution < -0.4 is 4.74 Å². The minimum Gasteiger partial charge on any atom is -0.467 e. The zero-order valence-corrected chi connectivity index (χ0v) is 11.1. The van der Waals surface area contributed by atoms with Crippen LogP contribution in [0.1, 0.15) is 22.4 Å². The lowest BCUT2D eigenvalue weighted by molar-refractivity contribution is 0.377. The first-order chi connectivity index (χ1) is 8.70. The number of benzene rings is 1. The fourth-order valence-corrected chi connectivity index (χ4v) is 1.95. The third kappa shape index (κ3) is 2.86. The van der Waals surface area contributed by atoms with E-state index in [2.05, 4.69) is 41.2 Å². The molecule has 2 aromatic rings. The average molecular weight is 242 g/mol. The van der Waals surface area contributed by atoms with Crippen LogP contribution in [0.15, 0.2) is 30.5 Å². The molecule has 94 valence electrons. The molecule has 0 atom stereocenters. The van der Waals surface area contributed by atoms with Gasteiger partial charge in [-0.2, -0.15) is 4.98 Å². The van der Waals surface area contributed by atoms with Gasteiger partial charge in [-0.05, 0) is 43.4 Å². The van der Waals surface area contributed by atoms with Gasteiger partial charge in [0.05, 0.1) is 12.8 Å². The molecule has 0 amide bonds. The highest BCUT2D eigenvalue weighted by Gasteiger charge is 2.05. The summed E-state index contributed by atoms with van der Waals surface area (Å²) in [5.74, 6) is 0. The molecule has 18 heavy (non-hydrogen) atoms. The van der Waals surface area contributed by atoms with Crippen LogP contribution in [0, 0.1) is 13.8 Å². The molecule has 3 heteroatoms. The van der Waals surface area contributed by atoms with Crippen LogP contribution in [0.2, 0.25) is 0 Å². The maximum Gasteiger partial charge on any atom is 0.316 e. The Morgan fingerprint density at radius 2 is 1.83 bits per heavy atom. The molecule has 1 heterocycles. The third-order valence-corrected chi connectivity index (χ3v) is 3.13. The molecule has 3 nitrogen and oxygen atoms in total. The second-order valence-electron chi connectivity index (χ2n) is 4.41. The first kappa shape index (κ1) is 12.6. The van der Waals surface area contributed by atoms with Gasteiger partial charge in [-0.25, -0.2) is 4.98 Å². The minimum atomic E-state index is 0.445. The third-order valence-electron chi connectivity index (χ3n) is 3.13. The van der Waals surface area contributed by atoms with E-state index < -0.39 is 0 Å². The van der Waals surface area contributed by atoms with Crippen LogP contribution in [-0.2, 0) is 12.8 Å². The molecule has 2 rings (SSSR count). The molecular formula is C15H18N2O. The van der Waals surface area contributed by atoms with Gasteiger partial charge in [0.2, 0.25) is 0 Å². The molecule has 0 saturated heterocycles. The maximum atomic E-state index is 5.06. The molecule has 0 spiro atoms. The number of aryl methyl sites for hydroxylation is 4. The first-order valence-electron chi connectivity index (χ1n) is 6.11. The molecule has 0 bridgehead atoms. The number of aromatic nitrogens is 2. The van der Waals surface area contributed by atoms with Crippen molar-refractivity contribution < 1.29 is 4.74 Å². The highest BCUT2D eigenvalue weighted by molar-refractivity contribution is 5.27. The van der Waals surface area contributed by atoms with Gasteiger partial charge in [0.25, 0.3) is 0 Å². The summed E-state index contributed by atoms with van der Waals surface area (Å²) in [4.78, 5) is 8.50. The molecule has 0 aliphatic rings. The summed E-state index contributed by atoms with van der Waals surface area (Å²) in [5, 5.41) is 0. The Bertz CT molecular complexity index is 538. The number of rotatable bonds is 4. The van der Waals surface area contributed by atoms with Crippen molar-refractivity contribution in [2.24, 2.45) is 0 Å². The van der Waals surface area contributed by atoms with E-state index in [0.717, 1.165) is 24.1 Å².